The molecule has 0 saturated heterocycles. The molecule has 0 unspecified atom stereocenters. The first-order valence-corrected chi connectivity index (χ1v) is 8.19. The topological polar surface area (TPSA) is 44.8 Å². The Kier molecular flexibility index (Phi) is 5.51. The van der Waals surface area contributed by atoms with Crippen molar-refractivity contribution in [1.29, 1.82) is 0 Å². The molecule has 4 nitrogen and oxygen atoms in total. The zero-order valence-electron chi connectivity index (χ0n) is 14.2. The number of alkyl halides is 2. The summed E-state index contributed by atoms with van der Waals surface area (Å²) in [5.41, 5.74) is 3.12. The summed E-state index contributed by atoms with van der Waals surface area (Å²) < 4.78 is 39.4. The van der Waals surface area contributed by atoms with Crippen LogP contribution in [0.25, 0.3) is 6.08 Å². The van der Waals surface area contributed by atoms with Crippen molar-refractivity contribution in [2.24, 2.45) is 0 Å². The maximum atomic E-state index is 12.3. The lowest BCUT2D eigenvalue weighted by atomic mass is 10.1. The molecule has 2 aromatic rings. The smallest absolute Gasteiger partial charge is 0.387 e. The van der Waals surface area contributed by atoms with Crippen LogP contribution in [0.3, 0.4) is 0 Å². The van der Waals surface area contributed by atoms with Crippen molar-refractivity contribution in [1.82, 2.24) is 0 Å². The number of ether oxygens (including phenoxy) is 3. The monoisotopic (exact) mass is 360 g/mol. The third-order valence-electron chi connectivity index (χ3n) is 4.10. The van der Waals surface area contributed by atoms with Crippen LogP contribution in [0.1, 0.15) is 23.1 Å². The Bertz CT molecular complexity index is 831. The molecule has 1 aliphatic carbocycles. The highest BCUT2D eigenvalue weighted by atomic mass is 19.3. The average Bonchev–Trinajstić information content (AvgIpc) is 3.08. The van der Waals surface area contributed by atoms with Gasteiger partial charge < -0.3 is 14.2 Å². The van der Waals surface area contributed by atoms with Gasteiger partial charge in [0.2, 0.25) is 0 Å². The first-order valence-electron chi connectivity index (χ1n) is 8.19. The minimum Gasteiger partial charge on any atom is -0.493 e. The number of fused-ring (bicyclic) bond motifs is 1. The third-order valence-corrected chi connectivity index (χ3v) is 4.10. The summed E-state index contributed by atoms with van der Waals surface area (Å²) in [6, 6.07) is 10.1. The van der Waals surface area contributed by atoms with Gasteiger partial charge in [0.15, 0.2) is 11.5 Å². The second-order valence-electron chi connectivity index (χ2n) is 5.83. The van der Waals surface area contributed by atoms with Crippen LogP contribution in [-0.4, -0.2) is 19.7 Å². The zero-order chi connectivity index (χ0) is 18.5. The predicted octanol–water partition coefficient (Wildman–Crippen LogP) is 4.40. The van der Waals surface area contributed by atoms with Crippen LogP contribution in [0.5, 0.6) is 17.2 Å². The first-order chi connectivity index (χ1) is 12.5. The van der Waals surface area contributed by atoms with Crippen LogP contribution in [0, 0.1) is 0 Å². The van der Waals surface area contributed by atoms with Gasteiger partial charge in [-0.3, -0.25) is 0 Å². The maximum Gasteiger partial charge on any atom is 0.387 e. The van der Waals surface area contributed by atoms with Crippen molar-refractivity contribution >= 4 is 12.0 Å². The van der Waals surface area contributed by atoms with Crippen LogP contribution in [0.15, 0.2) is 42.5 Å². The number of hydrogen-bond acceptors (Lipinski definition) is 4. The van der Waals surface area contributed by atoms with Gasteiger partial charge in [-0.05, 0) is 66.3 Å². The van der Waals surface area contributed by atoms with E-state index < -0.39 is 12.6 Å². The minimum absolute atomic E-state index is 0.0691. The number of hydrogen-bond donors (Lipinski definition) is 0. The molecule has 0 aromatic heterocycles. The number of rotatable bonds is 6. The summed E-state index contributed by atoms with van der Waals surface area (Å²) in [6.45, 7) is -2.94. The SMILES string of the molecule is COc1cc(C=CC(=O)Oc2ccc3c(c2)CCC3)ccc1OC(F)F. The Balaban J connectivity index is 1.66. The summed E-state index contributed by atoms with van der Waals surface area (Å²) in [7, 11) is 1.35. The van der Waals surface area contributed by atoms with E-state index >= 15 is 0 Å². The summed E-state index contributed by atoms with van der Waals surface area (Å²) >= 11 is 0. The Morgan fingerprint density at radius 2 is 1.88 bits per heavy atom. The molecule has 3 rings (SSSR count). The molecule has 0 saturated carbocycles. The van der Waals surface area contributed by atoms with Gasteiger partial charge >= 0.3 is 12.6 Å². The first kappa shape index (κ1) is 17.9. The molecule has 26 heavy (non-hydrogen) atoms. The second kappa shape index (κ2) is 7.99. The molecule has 0 atom stereocenters. The molecule has 2 aromatic carbocycles. The van der Waals surface area contributed by atoms with Gasteiger partial charge in [0.1, 0.15) is 5.75 Å². The zero-order valence-corrected chi connectivity index (χ0v) is 14.2. The second-order valence-corrected chi connectivity index (χ2v) is 5.83. The molecule has 0 radical (unpaired) electrons. The number of halogens is 2. The van der Waals surface area contributed by atoms with E-state index in [2.05, 4.69) is 4.74 Å². The van der Waals surface area contributed by atoms with Gasteiger partial charge in [0, 0.05) is 6.08 Å². The normalized spacial score (nSPS) is 13.1. The minimum atomic E-state index is -2.94. The number of carbonyl (C=O) groups excluding carboxylic acids is 1. The molecule has 0 fully saturated rings. The van der Waals surface area contributed by atoms with Gasteiger partial charge in [0.05, 0.1) is 7.11 Å². The van der Waals surface area contributed by atoms with Crippen molar-refractivity contribution in [3.8, 4) is 17.2 Å². The summed E-state index contributed by atoms with van der Waals surface area (Å²) in [4.78, 5) is 12.0. The van der Waals surface area contributed by atoms with E-state index in [0.717, 1.165) is 19.3 Å². The Labute approximate surface area is 150 Å². The molecule has 0 amide bonds. The predicted molar refractivity (Wildman–Crippen MR) is 92.8 cm³/mol. The van der Waals surface area contributed by atoms with E-state index in [-0.39, 0.29) is 11.5 Å². The fraction of sp³-hybridized carbons (Fsp3) is 0.250. The van der Waals surface area contributed by atoms with Gasteiger partial charge in [-0.2, -0.15) is 8.78 Å². The molecular weight excluding hydrogens is 342 g/mol. The van der Waals surface area contributed by atoms with Crippen molar-refractivity contribution in [2.75, 3.05) is 7.11 Å². The van der Waals surface area contributed by atoms with Crippen molar-refractivity contribution in [3.63, 3.8) is 0 Å². The number of esters is 1. The molecule has 0 bridgehead atoms. The van der Waals surface area contributed by atoms with Crippen molar-refractivity contribution < 1.29 is 27.8 Å². The van der Waals surface area contributed by atoms with Crippen molar-refractivity contribution in [3.05, 3.63) is 59.2 Å². The van der Waals surface area contributed by atoms with Gasteiger partial charge in [0.25, 0.3) is 0 Å². The quantitative estimate of drug-likeness (QED) is 0.435. The fourth-order valence-electron chi connectivity index (χ4n) is 2.91. The van der Waals surface area contributed by atoms with E-state index in [1.165, 1.54) is 42.5 Å². The Hall–Kier alpha value is -2.89. The van der Waals surface area contributed by atoms with E-state index in [1.807, 2.05) is 12.1 Å². The lowest BCUT2D eigenvalue weighted by molar-refractivity contribution is -0.128. The summed E-state index contributed by atoms with van der Waals surface area (Å²) in [5, 5.41) is 0. The largest absolute Gasteiger partial charge is 0.493 e. The molecule has 1 aliphatic rings. The molecule has 0 spiro atoms. The number of aryl methyl sites for hydroxylation is 2. The molecule has 0 aliphatic heterocycles. The molecule has 0 heterocycles. The van der Waals surface area contributed by atoms with Gasteiger partial charge in [-0.25, -0.2) is 4.79 Å². The van der Waals surface area contributed by atoms with Crippen LogP contribution < -0.4 is 14.2 Å². The lowest BCUT2D eigenvalue weighted by Gasteiger charge is -2.10. The van der Waals surface area contributed by atoms with E-state index in [9.17, 15) is 13.6 Å². The Morgan fingerprint density at radius 1 is 1.08 bits per heavy atom. The van der Waals surface area contributed by atoms with E-state index in [0.29, 0.717) is 11.3 Å². The lowest BCUT2D eigenvalue weighted by Crippen LogP contribution is -2.04. The van der Waals surface area contributed by atoms with Crippen molar-refractivity contribution in [2.45, 2.75) is 25.9 Å². The standard InChI is InChI=1S/C20H18F2O4/c1-24-18-11-13(5-9-17(18)26-20(21)22)6-10-19(23)25-16-8-7-14-3-2-4-15(14)12-16/h5-12,20H,2-4H2,1H3. The molecule has 136 valence electrons. The molecule has 0 N–H and O–H groups in total. The van der Waals surface area contributed by atoms with Crippen LogP contribution in [-0.2, 0) is 17.6 Å². The van der Waals surface area contributed by atoms with Gasteiger partial charge in [-0.1, -0.05) is 12.1 Å². The summed E-state index contributed by atoms with van der Waals surface area (Å²) in [6.07, 6.45) is 5.99. The van der Waals surface area contributed by atoms with E-state index in [1.54, 1.807) is 12.1 Å². The summed E-state index contributed by atoms with van der Waals surface area (Å²) in [5.74, 6) is 0.0770. The number of carbonyl (C=O) groups is 1. The molecule has 6 heteroatoms. The van der Waals surface area contributed by atoms with E-state index in [4.69, 9.17) is 9.47 Å². The van der Waals surface area contributed by atoms with Gasteiger partial charge in [-0.15, -0.1) is 0 Å². The number of methoxy groups -OCH3 is 1. The molecular formula is C20H18F2O4. The maximum absolute atomic E-state index is 12.3. The van der Waals surface area contributed by atoms with Crippen LogP contribution in [0.2, 0.25) is 0 Å². The highest BCUT2D eigenvalue weighted by Crippen LogP contribution is 2.30. The highest BCUT2D eigenvalue weighted by molar-refractivity contribution is 5.88. The Morgan fingerprint density at radius 3 is 2.65 bits per heavy atom. The fourth-order valence-corrected chi connectivity index (χ4v) is 2.91. The van der Waals surface area contributed by atoms with Crippen LogP contribution in [0.4, 0.5) is 8.78 Å². The van der Waals surface area contributed by atoms with Crippen LogP contribution >= 0.6 is 0 Å². The third kappa shape index (κ3) is 4.39. The number of benzene rings is 2. The highest BCUT2D eigenvalue weighted by Gasteiger charge is 2.13. The average molecular weight is 360 g/mol.